The molecule has 0 bridgehead atoms. The summed E-state index contributed by atoms with van der Waals surface area (Å²) in [4.78, 5) is 0. The van der Waals surface area contributed by atoms with Gasteiger partial charge in [-0.1, -0.05) is 11.6 Å². The number of thiophene rings is 1. The molecule has 1 aliphatic rings. The normalized spacial score (nSPS) is 29.4. The van der Waals surface area contributed by atoms with Gasteiger partial charge in [-0.05, 0) is 24.8 Å². The van der Waals surface area contributed by atoms with Gasteiger partial charge in [-0.25, -0.2) is 0 Å². The van der Waals surface area contributed by atoms with Crippen LogP contribution in [0, 0.1) is 5.92 Å². The standard InChI is InChI=1S/C10H13ClO2S/c1-6-4-7(5-13-6)9(12)8-2-3-14-10(8)11/h2-3,6-7,9,12H,4-5H2,1H3. The molecule has 0 spiro atoms. The summed E-state index contributed by atoms with van der Waals surface area (Å²) in [6.07, 6.45) is 0.693. The molecule has 1 aromatic rings. The summed E-state index contributed by atoms with van der Waals surface area (Å²) in [5, 5.41) is 12.0. The molecule has 2 heterocycles. The largest absolute Gasteiger partial charge is 0.388 e. The van der Waals surface area contributed by atoms with Crippen LogP contribution in [-0.4, -0.2) is 17.8 Å². The molecule has 0 amide bonds. The monoisotopic (exact) mass is 232 g/mol. The molecule has 2 nitrogen and oxygen atoms in total. The van der Waals surface area contributed by atoms with E-state index in [1.807, 2.05) is 18.4 Å². The van der Waals surface area contributed by atoms with Crippen LogP contribution in [0.4, 0.5) is 0 Å². The highest BCUT2D eigenvalue weighted by molar-refractivity contribution is 7.14. The number of ether oxygens (including phenoxy) is 1. The van der Waals surface area contributed by atoms with Gasteiger partial charge in [0.25, 0.3) is 0 Å². The lowest BCUT2D eigenvalue weighted by Crippen LogP contribution is -2.12. The summed E-state index contributed by atoms with van der Waals surface area (Å²) in [7, 11) is 0. The summed E-state index contributed by atoms with van der Waals surface area (Å²) >= 11 is 7.42. The minimum absolute atomic E-state index is 0.192. The lowest BCUT2D eigenvalue weighted by atomic mass is 9.95. The van der Waals surface area contributed by atoms with E-state index in [1.54, 1.807) is 0 Å². The average Bonchev–Trinajstić information content (AvgIpc) is 2.73. The smallest absolute Gasteiger partial charge is 0.0986 e. The van der Waals surface area contributed by atoms with Crippen LogP contribution in [0.3, 0.4) is 0 Å². The number of aliphatic hydroxyl groups excluding tert-OH is 1. The zero-order valence-corrected chi connectivity index (χ0v) is 9.52. The molecule has 0 saturated carbocycles. The van der Waals surface area contributed by atoms with Gasteiger partial charge in [0, 0.05) is 11.5 Å². The van der Waals surface area contributed by atoms with E-state index in [9.17, 15) is 5.11 Å². The van der Waals surface area contributed by atoms with Gasteiger partial charge in [0.05, 0.1) is 23.2 Å². The van der Waals surface area contributed by atoms with Crippen LogP contribution >= 0.6 is 22.9 Å². The van der Waals surface area contributed by atoms with Crippen molar-refractivity contribution in [2.75, 3.05) is 6.61 Å². The fourth-order valence-corrected chi connectivity index (χ4v) is 2.83. The van der Waals surface area contributed by atoms with Crippen LogP contribution in [0.15, 0.2) is 11.4 Å². The van der Waals surface area contributed by atoms with E-state index < -0.39 is 6.10 Å². The van der Waals surface area contributed by atoms with E-state index in [0.29, 0.717) is 10.9 Å². The Morgan fingerprint density at radius 2 is 2.50 bits per heavy atom. The molecule has 4 heteroatoms. The van der Waals surface area contributed by atoms with Gasteiger partial charge < -0.3 is 9.84 Å². The first kappa shape index (κ1) is 10.4. The van der Waals surface area contributed by atoms with E-state index >= 15 is 0 Å². The first-order chi connectivity index (χ1) is 6.68. The first-order valence-corrected chi connectivity index (χ1v) is 5.97. The van der Waals surface area contributed by atoms with E-state index in [-0.39, 0.29) is 12.0 Å². The zero-order chi connectivity index (χ0) is 10.1. The Morgan fingerprint density at radius 3 is 3.00 bits per heavy atom. The molecule has 2 rings (SSSR count). The molecule has 0 aromatic carbocycles. The van der Waals surface area contributed by atoms with Crippen LogP contribution in [-0.2, 0) is 4.74 Å². The Bertz CT molecular complexity index is 313. The SMILES string of the molecule is CC1CC(C(O)c2ccsc2Cl)CO1. The number of rotatable bonds is 2. The van der Waals surface area contributed by atoms with Crippen LogP contribution in [0.5, 0.6) is 0 Å². The Labute approximate surface area is 92.5 Å². The van der Waals surface area contributed by atoms with Gasteiger partial charge in [-0.3, -0.25) is 0 Å². The Kier molecular flexibility index (Phi) is 3.12. The number of hydrogen-bond acceptors (Lipinski definition) is 3. The fraction of sp³-hybridized carbons (Fsp3) is 0.600. The van der Waals surface area contributed by atoms with Crippen LogP contribution in [0.1, 0.15) is 25.0 Å². The maximum absolute atomic E-state index is 10.0. The van der Waals surface area contributed by atoms with Gasteiger partial charge >= 0.3 is 0 Å². The molecule has 0 aliphatic carbocycles. The average molecular weight is 233 g/mol. The van der Waals surface area contributed by atoms with Gasteiger partial charge in [0.15, 0.2) is 0 Å². The molecular formula is C10H13ClO2S. The molecule has 78 valence electrons. The maximum Gasteiger partial charge on any atom is 0.0986 e. The summed E-state index contributed by atoms with van der Waals surface area (Å²) in [5.41, 5.74) is 0.847. The Morgan fingerprint density at radius 1 is 1.71 bits per heavy atom. The third kappa shape index (κ3) is 1.96. The van der Waals surface area contributed by atoms with Crippen molar-refractivity contribution >= 4 is 22.9 Å². The first-order valence-electron chi connectivity index (χ1n) is 4.71. The quantitative estimate of drug-likeness (QED) is 0.850. The second kappa shape index (κ2) is 4.19. The highest BCUT2D eigenvalue weighted by Gasteiger charge is 2.30. The lowest BCUT2D eigenvalue weighted by molar-refractivity contribution is 0.0807. The topological polar surface area (TPSA) is 29.5 Å². The molecular weight excluding hydrogens is 220 g/mol. The summed E-state index contributed by atoms with van der Waals surface area (Å²) < 4.78 is 6.12. The second-order valence-corrected chi connectivity index (χ2v) is 5.25. The van der Waals surface area contributed by atoms with Crippen LogP contribution < -0.4 is 0 Å². The molecule has 1 aromatic heterocycles. The van der Waals surface area contributed by atoms with E-state index in [4.69, 9.17) is 16.3 Å². The predicted octanol–water partition coefficient (Wildman–Crippen LogP) is 2.86. The highest BCUT2D eigenvalue weighted by atomic mass is 35.5. The number of aliphatic hydroxyl groups is 1. The Hall–Kier alpha value is -0.0900. The Balaban J connectivity index is 2.09. The summed E-state index contributed by atoms with van der Waals surface area (Å²) in [5.74, 6) is 0.192. The van der Waals surface area contributed by atoms with Gasteiger partial charge in [-0.15, -0.1) is 11.3 Å². The second-order valence-electron chi connectivity index (χ2n) is 3.73. The molecule has 14 heavy (non-hydrogen) atoms. The molecule has 1 saturated heterocycles. The van der Waals surface area contributed by atoms with Crippen molar-refractivity contribution in [3.63, 3.8) is 0 Å². The molecule has 1 aliphatic heterocycles. The third-order valence-corrected chi connectivity index (χ3v) is 3.84. The van der Waals surface area contributed by atoms with Crippen LogP contribution in [0.2, 0.25) is 4.34 Å². The predicted molar refractivity (Wildman–Crippen MR) is 57.8 cm³/mol. The van der Waals surface area contributed by atoms with E-state index in [2.05, 4.69) is 0 Å². The minimum atomic E-state index is -0.473. The van der Waals surface area contributed by atoms with Crippen molar-refractivity contribution in [2.24, 2.45) is 5.92 Å². The number of halogens is 1. The molecule has 3 unspecified atom stereocenters. The maximum atomic E-state index is 10.0. The van der Waals surface area contributed by atoms with Crippen molar-refractivity contribution in [3.8, 4) is 0 Å². The molecule has 3 atom stereocenters. The molecule has 1 N–H and O–H groups in total. The van der Waals surface area contributed by atoms with Gasteiger partial charge in [0.2, 0.25) is 0 Å². The van der Waals surface area contributed by atoms with E-state index in [0.717, 1.165) is 12.0 Å². The summed E-state index contributed by atoms with van der Waals surface area (Å²) in [6.45, 7) is 2.66. The van der Waals surface area contributed by atoms with Crippen LogP contribution in [0.25, 0.3) is 0 Å². The zero-order valence-electron chi connectivity index (χ0n) is 7.94. The minimum Gasteiger partial charge on any atom is -0.388 e. The highest BCUT2D eigenvalue weighted by Crippen LogP contribution is 2.36. The van der Waals surface area contributed by atoms with Gasteiger partial charge in [-0.2, -0.15) is 0 Å². The third-order valence-electron chi connectivity index (χ3n) is 2.64. The van der Waals surface area contributed by atoms with Gasteiger partial charge in [0.1, 0.15) is 0 Å². The van der Waals surface area contributed by atoms with Crippen molar-refractivity contribution in [1.29, 1.82) is 0 Å². The summed E-state index contributed by atoms with van der Waals surface area (Å²) in [6, 6.07) is 1.89. The molecule has 1 fully saturated rings. The molecule has 0 radical (unpaired) electrons. The van der Waals surface area contributed by atoms with Crippen molar-refractivity contribution in [2.45, 2.75) is 25.6 Å². The number of hydrogen-bond donors (Lipinski definition) is 1. The van der Waals surface area contributed by atoms with E-state index in [1.165, 1.54) is 11.3 Å². The lowest BCUT2D eigenvalue weighted by Gasteiger charge is -2.15. The van der Waals surface area contributed by atoms with Crippen molar-refractivity contribution < 1.29 is 9.84 Å². The van der Waals surface area contributed by atoms with Crippen molar-refractivity contribution in [1.82, 2.24) is 0 Å². The fourth-order valence-electron chi connectivity index (χ4n) is 1.84. The van der Waals surface area contributed by atoms with Crippen molar-refractivity contribution in [3.05, 3.63) is 21.3 Å².